The lowest BCUT2D eigenvalue weighted by Crippen LogP contribution is -2.61. The fourth-order valence-corrected chi connectivity index (χ4v) is 5.45. The molecule has 2 heterocycles. The second-order valence-electron chi connectivity index (χ2n) is 12.2. The van der Waals surface area contributed by atoms with E-state index in [9.17, 15) is 24.6 Å². The number of nitrogens with zero attached hydrogens (tertiary/aromatic N) is 3. The van der Waals surface area contributed by atoms with Crippen LogP contribution < -0.4 is 0 Å². The SMILES string of the molecule is CC(C)Cc1ccc(-c2nc(-c3ccc(CN4CCC(C(=O)O)(C(=O)O)CC4(C)COC(=O)OC(C)C)cc3)no2)cc1. The first kappa shape index (κ1) is 31.7. The molecule has 0 radical (unpaired) electrons. The van der Waals surface area contributed by atoms with Gasteiger partial charge in [-0.2, -0.15) is 4.98 Å². The number of carbonyl (C=O) groups is 3. The zero-order valence-electron chi connectivity index (χ0n) is 25.2. The molecule has 11 heteroatoms. The Kier molecular flexibility index (Phi) is 9.54. The first-order chi connectivity index (χ1) is 20.3. The molecule has 0 spiro atoms. The van der Waals surface area contributed by atoms with E-state index in [0.29, 0.717) is 24.2 Å². The summed E-state index contributed by atoms with van der Waals surface area (Å²) in [4.78, 5) is 42.9. The van der Waals surface area contributed by atoms with Crippen LogP contribution in [-0.4, -0.2) is 68.1 Å². The number of aliphatic carboxylic acids is 2. The number of hydrogen-bond acceptors (Lipinski definition) is 9. The maximum absolute atomic E-state index is 12.1. The maximum Gasteiger partial charge on any atom is 0.508 e. The van der Waals surface area contributed by atoms with Gasteiger partial charge in [0, 0.05) is 24.2 Å². The molecule has 2 N–H and O–H groups in total. The number of rotatable bonds is 11. The third kappa shape index (κ3) is 7.40. The monoisotopic (exact) mass is 593 g/mol. The van der Waals surface area contributed by atoms with Crippen molar-refractivity contribution in [2.24, 2.45) is 11.3 Å². The van der Waals surface area contributed by atoms with Crippen LogP contribution in [0.15, 0.2) is 53.1 Å². The average Bonchev–Trinajstić information content (AvgIpc) is 3.43. The number of aromatic nitrogens is 2. The fraction of sp³-hybridized carbons (Fsp3) is 0.469. The van der Waals surface area contributed by atoms with Crippen LogP contribution in [0.4, 0.5) is 4.79 Å². The van der Waals surface area contributed by atoms with Crippen molar-refractivity contribution in [3.63, 3.8) is 0 Å². The summed E-state index contributed by atoms with van der Waals surface area (Å²) in [5.41, 5.74) is 0.653. The molecule has 0 saturated carbocycles. The molecule has 1 saturated heterocycles. The second kappa shape index (κ2) is 12.9. The molecule has 1 aromatic heterocycles. The third-order valence-electron chi connectivity index (χ3n) is 7.76. The van der Waals surface area contributed by atoms with Crippen molar-refractivity contribution in [1.29, 1.82) is 0 Å². The van der Waals surface area contributed by atoms with Crippen LogP contribution in [0.25, 0.3) is 22.8 Å². The molecule has 1 unspecified atom stereocenters. The first-order valence-corrected chi connectivity index (χ1v) is 14.4. The summed E-state index contributed by atoms with van der Waals surface area (Å²) < 4.78 is 15.9. The first-order valence-electron chi connectivity index (χ1n) is 14.4. The van der Waals surface area contributed by atoms with E-state index >= 15 is 0 Å². The Morgan fingerprint density at radius 3 is 2.14 bits per heavy atom. The minimum atomic E-state index is -1.99. The zero-order valence-corrected chi connectivity index (χ0v) is 25.2. The molecular weight excluding hydrogens is 554 g/mol. The summed E-state index contributed by atoms with van der Waals surface area (Å²) in [5.74, 6) is -1.38. The fourth-order valence-electron chi connectivity index (χ4n) is 5.45. The predicted molar refractivity (Wildman–Crippen MR) is 157 cm³/mol. The molecule has 43 heavy (non-hydrogen) atoms. The van der Waals surface area contributed by atoms with Crippen LogP contribution in [0.1, 0.15) is 58.6 Å². The Labute approximate surface area is 250 Å². The van der Waals surface area contributed by atoms with Gasteiger partial charge in [-0.1, -0.05) is 55.4 Å². The molecule has 3 aromatic rings. The Hall–Kier alpha value is -4.25. The van der Waals surface area contributed by atoms with E-state index in [0.717, 1.165) is 23.1 Å². The Morgan fingerprint density at radius 1 is 0.953 bits per heavy atom. The van der Waals surface area contributed by atoms with Gasteiger partial charge in [0.15, 0.2) is 5.41 Å². The molecule has 1 atom stereocenters. The number of ether oxygens (including phenoxy) is 2. The van der Waals surface area contributed by atoms with Crippen LogP contribution in [0.5, 0.6) is 0 Å². The standard InChI is InChI=1S/C32H39N3O8/c1-20(2)16-22-6-12-25(13-7-22)27-33-26(34-43-27)24-10-8-23(9-11-24)17-35-15-14-32(28(36)37,29(38)39)18-31(35,5)19-41-30(40)42-21(3)4/h6-13,20-21H,14-19H2,1-5H3,(H,36,37)(H,38,39). The van der Waals surface area contributed by atoms with Gasteiger partial charge in [-0.3, -0.25) is 14.5 Å². The van der Waals surface area contributed by atoms with Crippen LogP contribution in [-0.2, 0) is 32.0 Å². The topological polar surface area (TPSA) is 152 Å². The molecule has 1 aliphatic rings. The summed E-state index contributed by atoms with van der Waals surface area (Å²) in [6, 6.07) is 15.6. The van der Waals surface area contributed by atoms with E-state index < -0.39 is 35.2 Å². The normalized spacial score (nSPS) is 18.5. The molecule has 2 aromatic carbocycles. The van der Waals surface area contributed by atoms with Gasteiger partial charge in [0.25, 0.3) is 5.89 Å². The molecule has 0 amide bonds. The highest BCUT2D eigenvalue weighted by Gasteiger charge is 2.56. The van der Waals surface area contributed by atoms with Gasteiger partial charge >= 0.3 is 18.1 Å². The van der Waals surface area contributed by atoms with Crippen molar-refractivity contribution in [2.75, 3.05) is 13.2 Å². The van der Waals surface area contributed by atoms with Gasteiger partial charge in [0.2, 0.25) is 5.82 Å². The van der Waals surface area contributed by atoms with E-state index in [4.69, 9.17) is 14.0 Å². The molecule has 11 nitrogen and oxygen atoms in total. The highest BCUT2D eigenvalue weighted by molar-refractivity contribution is 5.98. The molecular formula is C32H39N3O8. The molecule has 230 valence electrons. The molecule has 0 bridgehead atoms. The smallest absolute Gasteiger partial charge is 0.480 e. The van der Waals surface area contributed by atoms with Crippen molar-refractivity contribution in [2.45, 2.75) is 72.1 Å². The van der Waals surface area contributed by atoms with E-state index in [1.165, 1.54) is 5.56 Å². The van der Waals surface area contributed by atoms with Crippen molar-refractivity contribution in [1.82, 2.24) is 15.0 Å². The van der Waals surface area contributed by atoms with E-state index in [1.54, 1.807) is 20.8 Å². The van der Waals surface area contributed by atoms with Crippen molar-refractivity contribution in [3.8, 4) is 22.8 Å². The van der Waals surface area contributed by atoms with E-state index in [2.05, 4.69) is 36.1 Å². The number of hydrogen-bond donors (Lipinski definition) is 2. The highest BCUT2D eigenvalue weighted by Crippen LogP contribution is 2.42. The average molecular weight is 594 g/mol. The summed E-state index contributed by atoms with van der Waals surface area (Å²) in [6.07, 6.45) is -0.638. The number of carboxylic acids is 2. The minimum Gasteiger partial charge on any atom is -0.480 e. The number of piperidine rings is 1. The van der Waals surface area contributed by atoms with Gasteiger partial charge in [-0.25, -0.2) is 4.79 Å². The third-order valence-corrected chi connectivity index (χ3v) is 7.76. The Bertz CT molecular complexity index is 1420. The summed E-state index contributed by atoms with van der Waals surface area (Å²) in [6.45, 7) is 9.74. The van der Waals surface area contributed by atoms with Crippen LogP contribution in [0.3, 0.4) is 0 Å². The number of carboxylic acid groups (broad SMARTS) is 2. The predicted octanol–water partition coefficient (Wildman–Crippen LogP) is 5.67. The summed E-state index contributed by atoms with van der Waals surface area (Å²) in [5, 5.41) is 23.9. The summed E-state index contributed by atoms with van der Waals surface area (Å²) in [7, 11) is 0. The molecule has 1 aliphatic heterocycles. The minimum absolute atomic E-state index is 0.0914. The van der Waals surface area contributed by atoms with Crippen LogP contribution in [0.2, 0.25) is 0 Å². The lowest BCUT2D eigenvalue weighted by Gasteiger charge is -2.49. The van der Waals surface area contributed by atoms with Crippen molar-refractivity contribution in [3.05, 3.63) is 59.7 Å². The lowest BCUT2D eigenvalue weighted by molar-refractivity contribution is -0.175. The number of likely N-dealkylation sites (tertiary alicyclic amines) is 1. The molecule has 4 rings (SSSR count). The Morgan fingerprint density at radius 2 is 1.56 bits per heavy atom. The zero-order chi connectivity index (χ0) is 31.4. The lowest BCUT2D eigenvalue weighted by atomic mass is 9.70. The van der Waals surface area contributed by atoms with Gasteiger partial charge in [-0.15, -0.1) is 0 Å². The van der Waals surface area contributed by atoms with Gasteiger partial charge in [-0.05, 0) is 69.2 Å². The molecule has 1 fully saturated rings. The van der Waals surface area contributed by atoms with E-state index in [1.807, 2.05) is 41.3 Å². The largest absolute Gasteiger partial charge is 0.508 e. The number of carbonyl (C=O) groups excluding carboxylic acids is 1. The van der Waals surface area contributed by atoms with Crippen LogP contribution in [0, 0.1) is 11.3 Å². The van der Waals surface area contributed by atoms with Crippen molar-refractivity contribution >= 4 is 18.1 Å². The quantitative estimate of drug-likeness (QED) is 0.209. The summed E-state index contributed by atoms with van der Waals surface area (Å²) >= 11 is 0. The van der Waals surface area contributed by atoms with Crippen LogP contribution >= 0.6 is 0 Å². The van der Waals surface area contributed by atoms with Gasteiger partial charge in [0.1, 0.15) is 6.61 Å². The highest BCUT2D eigenvalue weighted by atomic mass is 16.7. The van der Waals surface area contributed by atoms with Gasteiger partial charge in [0.05, 0.1) is 11.6 Å². The Balaban J connectivity index is 1.49. The second-order valence-corrected chi connectivity index (χ2v) is 12.2. The van der Waals surface area contributed by atoms with Gasteiger partial charge < -0.3 is 24.2 Å². The molecule has 0 aliphatic carbocycles. The van der Waals surface area contributed by atoms with E-state index in [-0.39, 0.29) is 26.0 Å². The maximum atomic E-state index is 12.1. The van der Waals surface area contributed by atoms with Crippen molar-refractivity contribution < 1.29 is 38.6 Å². The number of benzene rings is 2.